The average molecular weight is 282 g/mol. The summed E-state index contributed by atoms with van der Waals surface area (Å²) in [4.78, 5) is 25.9. The fourth-order valence-electron chi connectivity index (χ4n) is 3.60. The Labute approximate surface area is 120 Å². The van der Waals surface area contributed by atoms with Crippen molar-refractivity contribution in [1.82, 2.24) is 10.2 Å². The number of aliphatic carboxylic acids is 1. The van der Waals surface area contributed by atoms with Gasteiger partial charge in [0.15, 0.2) is 0 Å². The molecule has 2 heterocycles. The molecular formula is C15H26N2O3. The molecule has 3 unspecified atom stereocenters. The van der Waals surface area contributed by atoms with Crippen LogP contribution in [0.1, 0.15) is 46.0 Å². The van der Waals surface area contributed by atoms with Gasteiger partial charge in [0.1, 0.15) is 0 Å². The third kappa shape index (κ3) is 2.82. The maximum atomic E-state index is 12.6. The molecule has 0 spiro atoms. The molecule has 3 atom stereocenters. The molecule has 0 saturated carbocycles. The number of hydrogen-bond donors (Lipinski definition) is 2. The Bertz CT molecular complexity index is 385. The summed E-state index contributed by atoms with van der Waals surface area (Å²) >= 11 is 0. The van der Waals surface area contributed by atoms with Crippen LogP contribution >= 0.6 is 0 Å². The average Bonchev–Trinajstić information content (AvgIpc) is 2.85. The Kier molecular flexibility index (Phi) is 4.68. The predicted molar refractivity (Wildman–Crippen MR) is 76.4 cm³/mol. The molecule has 0 aromatic carbocycles. The predicted octanol–water partition coefficient (Wildman–Crippen LogP) is 1.48. The van der Waals surface area contributed by atoms with Gasteiger partial charge in [-0.3, -0.25) is 9.59 Å². The van der Waals surface area contributed by atoms with Crippen LogP contribution in [0.2, 0.25) is 0 Å². The van der Waals surface area contributed by atoms with Gasteiger partial charge in [-0.2, -0.15) is 0 Å². The fourth-order valence-corrected chi connectivity index (χ4v) is 3.60. The van der Waals surface area contributed by atoms with E-state index < -0.39 is 11.4 Å². The molecule has 0 aromatic rings. The van der Waals surface area contributed by atoms with E-state index >= 15 is 0 Å². The van der Waals surface area contributed by atoms with Crippen molar-refractivity contribution in [3.05, 3.63) is 0 Å². The van der Waals surface area contributed by atoms with Gasteiger partial charge >= 0.3 is 5.97 Å². The standard InChI is InChI=1S/C15H26N2O3/c1-3-6-15(14(19)20)7-9-17(10-15)13(18)12-11(2)5-4-8-16-12/h11-12,16H,3-10H2,1-2H3,(H,19,20). The summed E-state index contributed by atoms with van der Waals surface area (Å²) in [6.45, 7) is 5.94. The molecule has 2 fully saturated rings. The number of nitrogens with zero attached hydrogens (tertiary/aromatic N) is 1. The summed E-state index contributed by atoms with van der Waals surface area (Å²) in [6.07, 6.45) is 4.26. The molecule has 1 amide bonds. The lowest BCUT2D eigenvalue weighted by molar-refractivity contribution is -0.149. The first-order valence-corrected chi connectivity index (χ1v) is 7.76. The van der Waals surface area contributed by atoms with E-state index in [2.05, 4.69) is 12.2 Å². The van der Waals surface area contributed by atoms with Gasteiger partial charge in [-0.15, -0.1) is 0 Å². The number of carboxylic acids is 1. The number of hydrogen-bond acceptors (Lipinski definition) is 3. The molecule has 20 heavy (non-hydrogen) atoms. The first-order chi connectivity index (χ1) is 9.50. The molecule has 2 aliphatic heterocycles. The fraction of sp³-hybridized carbons (Fsp3) is 0.867. The molecule has 0 bridgehead atoms. The number of nitrogens with one attached hydrogen (secondary N) is 1. The third-order valence-corrected chi connectivity index (χ3v) is 4.88. The zero-order valence-electron chi connectivity index (χ0n) is 12.5. The number of amides is 1. The van der Waals surface area contributed by atoms with E-state index in [1.54, 1.807) is 4.90 Å². The van der Waals surface area contributed by atoms with E-state index in [-0.39, 0.29) is 11.9 Å². The smallest absolute Gasteiger partial charge is 0.311 e. The second-order valence-corrected chi connectivity index (χ2v) is 6.40. The second-order valence-electron chi connectivity index (χ2n) is 6.40. The molecule has 2 saturated heterocycles. The number of likely N-dealkylation sites (tertiary alicyclic amines) is 1. The van der Waals surface area contributed by atoms with Gasteiger partial charge in [0, 0.05) is 13.1 Å². The van der Waals surface area contributed by atoms with Gasteiger partial charge < -0.3 is 15.3 Å². The molecule has 114 valence electrons. The number of piperidine rings is 1. The zero-order chi connectivity index (χ0) is 14.8. The third-order valence-electron chi connectivity index (χ3n) is 4.88. The van der Waals surface area contributed by atoms with Crippen LogP contribution in [0, 0.1) is 11.3 Å². The molecule has 2 N–H and O–H groups in total. The number of carboxylic acid groups (broad SMARTS) is 1. The molecule has 5 nitrogen and oxygen atoms in total. The van der Waals surface area contributed by atoms with Crippen LogP contribution in [-0.4, -0.2) is 47.6 Å². The van der Waals surface area contributed by atoms with Crippen LogP contribution < -0.4 is 5.32 Å². The zero-order valence-corrected chi connectivity index (χ0v) is 12.5. The van der Waals surface area contributed by atoms with E-state index in [1.807, 2.05) is 6.92 Å². The van der Waals surface area contributed by atoms with Gasteiger partial charge in [-0.1, -0.05) is 20.3 Å². The Morgan fingerprint density at radius 1 is 1.45 bits per heavy atom. The quantitative estimate of drug-likeness (QED) is 0.819. The summed E-state index contributed by atoms with van der Waals surface area (Å²) in [6, 6.07) is -0.130. The number of carbonyl (C=O) groups is 2. The first-order valence-electron chi connectivity index (χ1n) is 7.76. The van der Waals surface area contributed by atoms with Gasteiger partial charge in [-0.25, -0.2) is 0 Å². The van der Waals surface area contributed by atoms with Crippen molar-refractivity contribution in [3.63, 3.8) is 0 Å². The lowest BCUT2D eigenvalue weighted by Gasteiger charge is -2.33. The monoisotopic (exact) mass is 282 g/mol. The molecule has 0 aromatic heterocycles. The van der Waals surface area contributed by atoms with Crippen molar-refractivity contribution in [2.45, 2.75) is 52.0 Å². The van der Waals surface area contributed by atoms with Crippen molar-refractivity contribution in [3.8, 4) is 0 Å². The van der Waals surface area contributed by atoms with Crippen molar-refractivity contribution < 1.29 is 14.7 Å². The topological polar surface area (TPSA) is 69.6 Å². The summed E-state index contributed by atoms with van der Waals surface area (Å²) in [7, 11) is 0. The lowest BCUT2D eigenvalue weighted by atomic mass is 9.82. The van der Waals surface area contributed by atoms with Crippen LogP contribution in [0.15, 0.2) is 0 Å². The summed E-state index contributed by atoms with van der Waals surface area (Å²) in [5.74, 6) is -0.321. The van der Waals surface area contributed by atoms with Gasteiger partial charge in [0.2, 0.25) is 5.91 Å². The van der Waals surface area contributed by atoms with E-state index in [9.17, 15) is 14.7 Å². The summed E-state index contributed by atoms with van der Waals surface area (Å²) < 4.78 is 0. The SMILES string of the molecule is CCCC1(C(=O)O)CCN(C(=O)C2NCCCC2C)C1. The van der Waals surface area contributed by atoms with Crippen molar-refractivity contribution in [2.24, 2.45) is 11.3 Å². The minimum absolute atomic E-state index is 0.0939. The summed E-state index contributed by atoms with van der Waals surface area (Å²) in [5, 5.41) is 12.8. The maximum Gasteiger partial charge on any atom is 0.311 e. The van der Waals surface area contributed by atoms with Gasteiger partial charge in [0.05, 0.1) is 11.5 Å². The summed E-state index contributed by atoms with van der Waals surface area (Å²) in [5.41, 5.74) is -0.720. The van der Waals surface area contributed by atoms with Crippen molar-refractivity contribution in [2.75, 3.05) is 19.6 Å². The second kappa shape index (κ2) is 6.12. The number of carbonyl (C=O) groups excluding carboxylic acids is 1. The molecule has 0 radical (unpaired) electrons. The number of rotatable bonds is 4. The molecule has 0 aliphatic carbocycles. The van der Waals surface area contributed by atoms with Crippen LogP contribution in [0.5, 0.6) is 0 Å². The minimum Gasteiger partial charge on any atom is -0.481 e. The van der Waals surface area contributed by atoms with Crippen LogP contribution in [0.3, 0.4) is 0 Å². The van der Waals surface area contributed by atoms with Crippen molar-refractivity contribution >= 4 is 11.9 Å². The maximum absolute atomic E-state index is 12.6. The van der Waals surface area contributed by atoms with Crippen LogP contribution in [-0.2, 0) is 9.59 Å². The highest BCUT2D eigenvalue weighted by Crippen LogP contribution is 2.36. The van der Waals surface area contributed by atoms with Crippen molar-refractivity contribution in [1.29, 1.82) is 0 Å². The Hall–Kier alpha value is -1.10. The first kappa shape index (κ1) is 15.3. The highest BCUT2D eigenvalue weighted by molar-refractivity contribution is 5.84. The minimum atomic E-state index is -0.751. The van der Waals surface area contributed by atoms with Gasteiger partial charge in [0.25, 0.3) is 0 Å². The Morgan fingerprint density at radius 2 is 2.20 bits per heavy atom. The van der Waals surface area contributed by atoms with E-state index in [0.717, 1.165) is 25.8 Å². The van der Waals surface area contributed by atoms with E-state index in [4.69, 9.17) is 0 Å². The Morgan fingerprint density at radius 3 is 2.80 bits per heavy atom. The molecule has 2 aliphatic rings. The largest absolute Gasteiger partial charge is 0.481 e. The Balaban J connectivity index is 2.04. The normalized spacial score (nSPS) is 34.2. The molecule has 2 rings (SSSR count). The van der Waals surface area contributed by atoms with E-state index in [1.165, 1.54) is 0 Å². The highest BCUT2D eigenvalue weighted by atomic mass is 16.4. The molecular weight excluding hydrogens is 256 g/mol. The van der Waals surface area contributed by atoms with E-state index in [0.29, 0.717) is 31.8 Å². The highest BCUT2D eigenvalue weighted by Gasteiger charge is 2.46. The van der Waals surface area contributed by atoms with Crippen LogP contribution in [0.25, 0.3) is 0 Å². The van der Waals surface area contributed by atoms with Crippen LogP contribution in [0.4, 0.5) is 0 Å². The lowest BCUT2D eigenvalue weighted by Crippen LogP contribution is -2.52. The van der Waals surface area contributed by atoms with Gasteiger partial charge in [-0.05, 0) is 38.1 Å². The molecule has 5 heteroatoms.